The number of benzene rings is 2. The van der Waals surface area contributed by atoms with E-state index in [4.69, 9.17) is 11.6 Å². The predicted octanol–water partition coefficient (Wildman–Crippen LogP) is 4.81. The fraction of sp³-hybridized carbons (Fsp3) is 0.300. The van der Waals surface area contributed by atoms with Gasteiger partial charge in [0.2, 0.25) is 5.91 Å². The minimum Gasteiger partial charge on any atom is -0.309 e. The van der Waals surface area contributed by atoms with Gasteiger partial charge in [-0.3, -0.25) is 19.8 Å². The number of nitro groups is 1. The Morgan fingerprint density at radius 1 is 1.17 bits per heavy atom. The van der Waals surface area contributed by atoms with E-state index in [1.165, 1.54) is 23.5 Å². The fourth-order valence-corrected chi connectivity index (χ4v) is 4.16. The summed E-state index contributed by atoms with van der Waals surface area (Å²) < 4.78 is 0.924. The number of anilines is 1. The summed E-state index contributed by atoms with van der Waals surface area (Å²) in [7, 11) is 3.98. The Balaban J connectivity index is 0.00000320. The Bertz CT molecular complexity index is 1020. The number of rotatable bonds is 8. The Labute approximate surface area is 189 Å². The van der Waals surface area contributed by atoms with Gasteiger partial charge in [-0.2, -0.15) is 0 Å². The SMILES string of the molecule is CN(C)CCCN(C(=O)Cc1ccc([N+](=O)[O-])cc1)c1nc2ccc(Cl)cc2s1.Cl. The third kappa shape index (κ3) is 6.12. The van der Waals surface area contributed by atoms with Crippen LogP contribution < -0.4 is 4.90 Å². The molecular formula is C20H22Cl2N4O3S. The molecule has 160 valence electrons. The smallest absolute Gasteiger partial charge is 0.269 e. The average Bonchev–Trinajstić information content (AvgIpc) is 3.07. The predicted molar refractivity (Wildman–Crippen MR) is 124 cm³/mol. The van der Waals surface area contributed by atoms with Crippen LogP contribution in [0.4, 0.5) is 10.8 Å². The maximum atomic E-state index is 13.1. The van der Waals surface area contributed by atoms with Crippen LogP contribution in [0.25, 0.3) is 10.2 Å². The zero-order chi connectivity index (χ0) is 21.0. The maximum absolute atomic E-state index is 13.1. The molecule has 0 radical (unpaired) electrons. The van der Waals surface area contributed by atoms with Crippen molar-refractivity contribution in [2.45, 2.75) is 12.8 Å². The van der Waals surface area contributed by atoms with Gasteiger partial charge in [-0.05, 0) is 50.8 Å². The number of hydrogen-bond donors (Lipinski definition) is 0. The van der Waals surface area contributed by atoms with Gasteiger partial charge in [-0.15, -0.1) is 12.4 Å². The molecule has 1 aromatic heterocycles. The minimum atomic E-state index is -0.453. The van der Waals surface area contributed by atoms with E-state index in [0.29, 0.717) is 16.7 Å². The Morgan fingerprint density at radius 2 is 1.87 bits per heavy atom. The lowest BCUT2D eigenvalue weighted by molar-refractivity contribution is -0.384. The maximum Gasteiger partial charge on any atom is 0.269 e. The molecule has 1 heterocycles. The topological polar surface area (TPSA) is 79.6 Å². The molecule has 0 atom stereocenters. The standard InChI is InChI=1S/C20H21ClN4O3S.ClH/c1-23(2)10-3-11-24(20-22-17-9-6-15(21)13-18(17)29-20)19(26)12-14-4-7-16(8-5-14)25(27)28;/h4-9,13H,3,10-12H2,1-2H3;1H. The van der Waals surface area contributed by atoms with Gasteiger partial charge in [-0.25, -0.2) is 4.98 Å². The van der Waals surface area contributed by atoms with Crippen molar-refractivity contribution in [3.05, 3.63) is 63.2 Å². The number of amides is 1. The van der Waals surface area contributed by atoms with Gasteiger partial charge in [0.05, 0.1) is 21.6 Å². The van der Waals surface area contributed by atoms with Crippen LogP contribution in [0, 0.1) is 10.1 Å². The van der Waals surface area contributed by atoms with Crippen molar-refractivity contribution in [2.75, 3.05) is 32.1 Å². The van der Waals surface area contributed by atoms with Gasteiger partial charge < -0.3 is 4.90 Å². The highest BCUT2D eigenvalue weighted by Gasteiger charge is 2.20. The van der Waals surface area contributed by atoms with Crippen LogP contribution in [0.5, 0.6) is 0 Å². The summed E-state index contributed by atoms with van der Waals surface area (Å²) >= 11 is 7.51. The number of nitrogens with zero attached hydrogens (tertiary/aromatic N) is 4. The van der Waals surface area contributed by atoms with Crippen molar-refractivity contribution in [1.82, 2.24) is 9.88 Å². The van der Waals surface area contributed by atoms with E-state index in [1.807, 2.05) is 26.2 Å². The van der Waals surface area contributed by atoms with Crippen molar-refractivity contribution >= 4 is 62.3 Å². The van der Waals surface area contributed by atoms with Gasteiger partial charge in [0.25, 0.3) is 5.69 Å². The normalized spacial score (nSPS) is 10.8. The molecule has 30 heavy (non-hydrogen) atoms. The number of carbonyl (C=O) groups excluding carboxylic acids is 1. The molecule has 3 aromatic rings. The molecule has 0 bridgehead atoms. The molecule has 7 nitrogen and oxygen atoms in total. The van der Waals surface area contributed by atoms with Crippen molar-refractivity contribution in [3.8, 4) is 0 Å². The first kappa shape index (κ1) is 24.0. The molecule has 0 spiro atoms. The lowest BCUT2D eigenvalue weighted by Crippen LogP contribution is -2.34. The van der Waals surface area contributed by atoms with Crippen LogP contribution in [0.3, 0.4) is 0 Å². The first-order chi connectivity index (χ1) is 13.8. The minimum absolute atomic E-state index is 0. The second-order valence-corrected chi connectivity index (χ2v) is 8.36. The van der Waals surface area contributed by atoms with Crippen LogP contribution in [0.1, 0.15) is 12.0 Å². The van der Waals surface area contributed by atoms with Crippen LogP contribution in [0.2, 0.25) is 5.02 Å². The summed E-state index contributed by atoms with van der Waals surface area (Å²) in [6, 6.07) is 11.5. The zero-order valence-corrected chi connectivity index (χ0v) is 19.0. The lowest BCUT2D eigenvalue weighted by atomic mass is 10.1. The number of hydrogen-bond acceptors (Lipinski definition) is 6. The molecule has 0 aliphatic carbocycles. The number of carbonyl (C=O) groups is 1. The lowest BCUT2D eigenvalue weighted by Gasteiger charge is -2.21. The van der Waals surface area contributed by atoms with E-state index in [2.05, 4.69) is 9.88 Å². The molecule has 0 N–H and O–H groups in total. The van der Waals surface area contributed by atoms with Crippen LogP contribution in [-0.2, 0) is 11.2 Å². The molecule has 0 unspecified atom stereocenters. The van der Waals surface area contributed by atoms with Crippen molar-refractivity contribution in [1.29, 1.82) is 0 Å². The summed E-state index contributed by atoms with van der Waals surface area (Å²) in [6.07, 6.45) is 0.951. The third-order valence-corrected chi connectivity index (χ3v) is 5.64. The molecule has 3 rings (SSSR count). The number of fused-ring (bicyclic) bond motifs is 1. The van der Waals surface area contributed by atoms with E-state index in [9.17, 15) is 14.9 Å². The van der Waals surface area contributed by atoms with Gasteiger partial charge >= 0.3 is 0 Å². The average molecular weight is 469 g/mol. The highest BCUT2D eigenvalue weighted by atomic mass is 35.5. The van der Waals surface area contributed by atoms with Gasteiger partial charge in [0, 0.05) is 23.7 Å². The number of nitro benzene ring substituents is 1. The first-order valence-corrected chi connectivity index (χ1v) is 10.3. The molecule has 10 heteroatoms. The number of non-ortho nitro benzene ring substituents is 1. The molecule has 0 fully saturated rings. The summed E-state index contributed by atoms with van der Waals surface area (Å²) in [5.74, 6) is -0.0947. The van der Waals surface area contributed by atoms with Crippen molar-refractivity contribution < 1.29 is 9.72 Å². The fourth-order valence-electron chi connectivity index (χ4n) is 2.88. The Hall–Kier alpha value is -2.26. The number of halogens is 2. The van der Waals surface area contributed by atoms with Gasteiger partial charge in [0.1, 0.15) is 0 Å². The molecule has 2 aromatic carbocycles. The highest BCUT2D eigenvalue weighted by molar-refractivity contribution is 7.22. The van der Waals surface area contributed by atoms with Crippen molar-refractivity contribution in [2.24, 2.45) is 0 Å². The first-order valence-electron chi connectivity index (χ1n) is 9.08. The molecular weight excluding hydrogens is 447 g/mol. The Morgan fingerprint density at radius 3 is 2.50 bits per heavy atom. The van der Waals surface area contributed by atoms with Gasteiger partial charge in [0.15, 0.2) is 5.13 Å². The van der Waals surface area contributed by atoms with E-state index in [-0.39, 0.29) is 30.4 Å². The summed E-state index contributed by atoms with van der Waals surface area (Å²) in [4.78, 5) is 31.8. The van der Waals surface area contributed by atoms with E-state index < -0.39 is 4.92 Å². The zero-order valence-electron chi connectivity index (χ0n) is 16.6. The molecule has 0 saturated carbocycles. The molecule has 0 aliphatic rings. The monoisotopic (exact) mass is 468 g/mol. The second kappa shape index (κ2) is 10.7. The summed E-state index contributed by atoms with van der Waals surface area (Å²) in [6.45, 7) is 1.38. The third-order valence-electron chi connectivity index (χ3n) is 4.36. The van der Waals surface area contributed by atoms with E-state index in [1.54, 1.807) is 23.1 Å². The number of thiazole rings is 1. The summed E-state index contributed by atoms with van der Waals surface area (Å²) in [5, 5.41) is 12.1. The van der Waals surface area contributed by atoms with E-state index >= 15 is 0 Å². The van der Waals surface area contributed by atoms with Gasteiger partial charge in [-0.1, -0.05) is 35.1 Å². The highest BCUT2D eigenvalue weighted by Crippen LogP contribution is 2.31. The van der Waals surface area contributed by atoms with E-state index in [0.717, 1.165) is 28.7 Å². The second-order valence-electron chi connectivity index (χ2n) is 6.91. The molecule has 0 saturated heterocycles. The molecule has 1 amide bonds. The molecule has 0 aliphatic heterocycles. The van der Waals surface area contributed by atoms with Crippen LogP contribution >= 0.6 is 35.3 Å². The quantitative estimate of drug-likeness (QED) is 0.350. The number of aromatic nitrogens is 1. The summed E-state index contributed by atoms with van der Waals surface area (Å²) in [5.41, 5.74) is 1.53. The largest absolute Gasteiger partial charge is 0.309 e. The van der Waals surface area contributed by atoms with Crippen LogP contribution in [0.15, 0.2) is 42.5 Å². The van der Waals surface area contributed by atoms with Crippen molar-refractivity contribution in [3.63, 3.8) is 0 Å². The Kier molecular flexibility index (Phi) is 8.54. The van der Waals surface area contributed by atoms with Crippen LogP contribution in [-0.4, -0.2) is 47.9 Å².